The Morgan fingerprint density at radius 1 is 0.963 bits per heavy atom. The van der Waals surface area contributed by atoms with Crippen molar-refractivity contribution in [2.75, 3.05) is 37.9 Å². The predicted molar refractivity (Wildman–Crippen MR) is 113 cm³/mol. The molecule has 0 N–H and O–H groups in total. The van der Waals surface area contributed by atoms with E-state index in [1.54, 1.807) is 11.8 Å². The van der Waals surface area contributed by atoms with E-state index in [4.69, 9.17) is 18.0 Å². The Labute approximate surface area is 169 Å². The average Bonchev–Trinajstić information content (AvgIpc) is 2.66. The monoisotopic (exact) mass is 414 g/mol. The van der Waals surface area contributed by atoms with Crippen LogP contribution in [0.15, 0.2) is 30.3 Å². The number of carbonyl (C=O) groups excluding carboxylic acids is 1. The summed E-state index contributed by atoms with van der Waals surface area (Å²) < 4.78 is 22.9. The lowest BCUT2D eigenvalue weighted by Gasteiger charge is -2.28. The lowest BCUT2D eigenvalue weighted by atomic mass is 10.0. The summed E-state index contributed by atoms with van der Waals surface area (Å²) in [5.41, 5.74) is 1.00. The van der Waals surface area contributed by atoms with Crippen LogP contribution in [0, 0.1) is 0 Å². The van der Waals surface area contributed by atoms with Crippen molar-refractivity contribution in [1.82, 2.24) is 0 Å². The van der Waals surface area contributed by atoms with Gasteiger partial charge in [-0.15, -0.1) is 0 Å². The number of esters is 1. The quantitative estimate of drug-likeness (QED) is 0.239. The Morgan fingerprint density at radius 2 is 1.56 bits per heavy atom. The number of ether oxygens (including phenoxy) is 1. The summed E-state index contributed by atoms with van der Waals surface area (Å²) in [6.45, 7) is 9.94. The van der Waals surface area contributed by atoms with E-state index in [9.17, 15) is 4.79 Å². The van der Waals surface area contributed by atoms with Gasteiger partial charge in [-0.25, -0.2) is 0 Å². The first kappa shape index (κ1) is 24.2. The van der Waals surface area contributed by atoms with E-state index >= 15 is 0 Å². The van der Waals surface area contributed by atoms with E-state index in [2.05, 4.69) is 0 Å². The summed E-state index contributed by atoms with van der Waals surface area (Å²) in [5.74, 6) is 1.24. The van der Waals surface area contributed by atoms with E-state index in [0.717, 1.165) is 23.8 Å². The average molecular weight is 415 g/mol. The SMILES string of the molecule is CCOC(=O)C(CSCCC[Si](OCC)(OCC)OCC)c1ccccc1. The molecule has 0 aromatic heterocycles. The maximum atomic E-state index is 12.3. The van der Waals surface area contributed by atoms with Gasteiger partial charge in [0.05, 0.1) is 12.5 Å². The third-order valence-electron chi connectivity index (χ3n) is 3.92. The zero-order valence-electron chi connectivity index (χ0n) is 17.1. The fourth-order valence-electron chi connectivity index (χ4n) is 2.82. The number of thioether (sulfide) groups is 1. The summed E-state index contributed by atoms with van der Waals surface area (Å²) in [7, 11) is -2.58. The summed E-state index contributed by atoms with van der Waals surface area (Å²) in [6.07, 6.45) is 0.932. The van der Waals surface area contributed by atoms with Crippen LogP contribution >= 0.6 is 11.8 Å². The summed E-state index contributed by atoms with van der Waals surface area (Å²) in [6, 6.07) is 10.6. The minimum atomic E-state index is -2.58. The highest BCUT2D eigenvalue weighted by Crippen LogP contribution is 2.25. The Morgan fingerprint density at radius 3 is 2.07 bits per heavy atom. The molecule has 1 aromatic carbocycles. The first-order valence-electron chi connectivity index (χ1n) is 9.83. The Hall–Kier alpha value is -0.863. The molecule has 0 fully saturated rings. The van der Waals surface area contributed by atoms with Crippen LogP contribution in [0.3, 0.4) is 0 Å². The van der Waals surface area contributed by atoms with Crippen LogP contribution in [-0.2, 0) is 22.8 Å². The fourth-order valence-corrected chi connectivity index (χ4v) is 6.77. The minimum Gasteiger partial charge on any atom is -0.465 e. The van der Waals surface area contributed by atoms with Gasteiger partial charge in [0.2, 0.25) is 0 Å². The van der Waals surface area contributed by atoms with Gasteiger partial charge in [-0.1, -0.05) is 30.3 Å². The highest BCUT2D eigenvalue weighted by molar-refractivity contribution is 7.99. The van der Waals surface area contributed by atoms with Gasteiger partial charge in [-0.2, -0.15) is 11.8 Å². The Balaban J connectivity index is 2.55. The molecule has 154 valence electrons. The van der Waals surface area contributed by atoms with Crippen LogP contribution in [-0.4, -0.2) is 52.7 Å². The first-order chi connectivity index (χ1) is 13.1. The van der Waals surface area contributed by atoms with E-state index < -0.39 is 8.80 Å². The van der Waals surface area contributed by atoms with Crippen LogP contribution in [0.1, 0.15) is 45.6 Å². The van der Waals surface area contributed by atoms with Crippen molar-refractivity contribution in [2.45, 2.75) is 46.1 Å². The molecule has 0 aliphatic heterocycles. The van der Waals surface area contributed by atoms with Crippen LogP contribution in [0.5, 0.6) is 0 Å². The van der Waals surface area contributed by atoms with Gasteiger partial charge in [-0.05, 0) is 45.4 Å². The number of rotatable bonds is 15. The lowest BCUT2D eigenvalue weighted by Crippen LogP contribution is -2.46. The molecule has 1 rings (SSSR count). The van der Waals surface area contributed by atoms with Gasteiger partial charge in [-0.3, -0.25) is 4.79 Å². The molecule has 0 aliphatic rings. The van der Waals surface area contributed by atoms with Crippen LogP contribution in [0.2, 0.25) is 6.04 Å². The van der Waals surface area contributed by atoms with Crippen molar-refractivity contribution in [3.05, 3.63) is 35.9 Å². The third kappa shape index (κ3) is 8.79. The molecule has 0 saturated heterocycles. The molecule has 0 amide bonds. The third-order valence-corrected chi connectivity index (χ3v) is 8.22. The highest BCUT2D eigenvalue weighted by atomic mass is 32.2. The number of carbonyl (C=O) groups is 1. The van der Waals surface area contributed by atoms with Gasteiger partial charge in [0, 0.05) is 31.6 Å². The zero-order valence-corrected chi connectivity index (χ0v) is 18.9. The largest absolute Gasteiger partial charge is 0.500 e. The number of hydrogen-bond acceptors (Lipinski definition) is 6. The van der Waals surface area contributed by atoms with Crippen molar-refractivity contribution < 1.29 is 22.8 Å². The molecule has 0 spiro atoms. The van der Waals surface area contributed by atoms with Gasteiger partial charge in [0.15, 0.2) is 0 Å². The molecule has 7 heteroatoms. The molecular formula is C20H34O5SSi. The second kappa shape index (κ2) is 14.2. The maximum absolute atomic E-state index is 12.3. The van der Waals surface area contributed by atoms with E-state index in [-0.39, 0.29) is 11.9 Å². The summed E-state index contributed by atoms with van der Waals surface area (Å²) >= 11 is 1.76. The van der Waals surface area contributed by atoms with Gasteiger partial charge in [0.25, 0.3) is 0 Å². The van der Waals surface area contributed by atoms with Crippen LogP contribution in [0.4, 0.5) is 0 Å². The Kier molecular flexibility index (Phi) is 12.7. The van der Waals surface area contributed by atoms with Crippen molar-refractivity contribution >= 4 is 26.5 Å². The van der Waals surface area contributed by atoms with Gasteiger partial charge in [0.1, 0.15) is 0 Å². The smallest absolute Gasteiger partial charge is 0.465 e. The van der Waals surface area contributed by atoms with Gasteiger partial charge >= 0.3 is 14.8 Å². The summed E-state index contributed by atoms with van der Waals surface area (Å²) in [4.78, 5) is 12.3. The highest BCUT2D eigenvalue weighted by Gasteiger charge is 2.39. The summed E-state index contributed by atoms with van der Waals surface area (Å²) in [5, 5.41) is 0. The van der Waals surface area contributed by atoms with Crippen LogP contribution < -0.4 is 0 Å². The molecule has 27 heavy (non-hydrogen) atoms. The Bertz CT molecular complexity index is 497. The molecule has 0 aliphatic carbocycles. The number of benzene rings is 1. The molecular weight excluding hydrogens is 380 g/mol. The molecule has 1 atom stereocenters. The van der Waals surface area contributed by atoms with Crippen molar-refractivity contribution in [3.63, 3.8) is 0 Å². The maximum Gasteiger partial charge on any atom is 0.500 e. The zero-order chi connectivity index (χ0) is 20.0. The molecule has 0 saturated carbocycles. The first-order valence-corrected chi connectivity index (χ1v) is 12.9. The second-order valence-electron chi connectivity index (χ2n) is 5.88. The molecule has 0 radical (unpaired) electrons. The minimum absolute atomic E-state index is 0.155. The lowest BCUT2D eigenvalue weighted by molar-refractivity contribution is -0.144. The van der Waals surface area contributed by atoms with Crippen LogP contribution in [0.25, 0.3) is 0 Å². The standard InChI is InChI=1S/C20H34O5SSi/c1-5-22-20(21)19(18-13-10-9-11-14-18)17-26-15-12-16-27(23-6-2,24-7-3)25-8-4/h9-11,13-14,19H,5-8,12,15-17H2,1-4H3. The molecule has 0 heterocycles. The van der Waals surface area contributed by atoms with E-state index in [1.165, 1.54) is 0 Å². The van der Waals surface area contributed by atoms with Gasteiger partial charge < -0.3 is 18.0 Å². The number of hydrogen-bond donors (Lipinski definition) is 0. The molecule has 1 unspecified atom stereocenters. The normalized spacial score (nSPS) is 12.7. The van der Waals surface area contributed by atoms with Crippen molar-refractivity contribution in [2.24, 2.45) is 0 Å². The predicted octanol–water partition coefficient (Wildman–Crippen LogP) is 4.51. The molecule has 5 nitrogen and oxygen atoms in total. The van der Waals surface area contributed by atoms with Crippen molar-refractivity contribution in [1.29, 1.82) is 0 Å². The van der Waals surface area contributed by atoms with Crippen molar-refractivity contribution in [3.8, 4) is 0 Å². The molecule has 1 aromatic rings. The fraction of sp³-hybridized carbons (Fsp3) is 0.650. The van der Waals surface area contributed by atoms with E-state index in [0.29, 0.717) is 32.2 Å². The molecule has 0 bridgehead atoms. The topological polar surface area (TPSA) is 54.0 Å². The second-order valence-corrected chi connectivity index (χ2v) is 9.76. The van der Waals surface area contributed by atoms with E-state index in [1.807, 2.05) is 58.0 Å².